The van der Waals surface area contributed by atoms with E-state index in [0.29, 0.717) is 5.56 Å². The number of nitrogens with two attached hydrogens (primary N) is 1. The quantitative estimate of drug-likeness (QED) is 0.802. The second-order valence-electron chi connectivity index (χ2n) is 4.65. The summed E-state index contributed by atoms with van der Waals surface area (Å²) < 4.78 is 29.3. The normalized spacial score (nSPS) is 10.8. The van der Waals surface area contributed by atoms with E-state index in [1.165, 1.54) is 16.8 Å². The number of hydrogen-bond donors (Lipinski definition) is 1. The lowest BCUT2D eigenvalue weighted by Gasteiger charge is -2.07. The second-order valence-corrected chi connectivity index (χ2v) is 4.65. The van der Waals surface area contributed by atoms with Crippen LogP contribution in [0.2, 0.25) is 0 Å². The van der Waals surface area contributed by atoms with Crippen LogP contribution in [0.15, 0.2) is 54.9 Å². The van der Waals surface area contributed by atoms with Gasteiger partial charge in [0.2, 0.25) is 0 Å². The first-order chi connectivity index (χ1) is 10.2. The van der Waals surface area contributed by atoms with E-state index in [2.05, 4.69) is 5.10 Å². The lowest BCUT2D eigenvalue weighted by atomic mass is 10.1. The zero-order valence-electron chi connectivity index (χ0n) is 11.1. The van der Waals surface area contributed by atoms with Crippen molar-refractivity contribution in [2.75, 3.05) is 0 Å². The number of nitrogens with zero attached hydrogens (tertiary/aromatic N) is 2. The van der Waals surface area contributed by atoms with Gasteiger partial charge < -0.3 is 5.73 Å². The molecule has 0 bridgehead atoms. The number of rotatable bonds is 3. The molecule has 0 saturated heterocycles. The van der Waals surface area contributed by atoms with Gasteiger partial charge in [-0.3, -0.25) is 0 Å². The van der Waals surface area contributed by atoms with Gasteiger partial charge in [-0.15, -0.1) is 0 Å². The molecule has 0 spiro atoms. The van der Waals surface area contributed by atoms with Crippen LogP contribution < -0.4 is 5.73 Å². The fourth-order valence-electron chi connectivity index (χ4n) is 2.18. The van der Waals surface area contributed by atoms with Crippen molar-refractivity contribution in [3.63, 3.8) is 0 Å². The zero-order valence-corrected chi connectivity index (χ0v) is 11.1. The fraction of sp³-hybridized carbons (Fsp3) is 0.0625. The molecule has 3 aromatic rings. The van der Waals surface area contributed by atoms with Crippen LogP contribution in [-0.4, -0.2) is 9.78 Å². The Hall–Kier alpha value is -2.53. The molecule has 0 saturated carbocycles. The summed E-state index contributed by atoms with van der Waals surface area (Å²) in [5.41, 5.74) is 7.33. The maximum atomic E-state index is 14.0. The summed E-state index contributed by atoms with van der Waals surface area (Å²) >= 11 is 0. The summed E-state index contributed by atoms with van der Waals surface area (Å²) in [6, 6.07) is 12.0. The summed E-state index contributed by atoms with van der Waals surface area (Å²) in [5, 5.41) is 4.05. The Morgan fingerprint density at radius 1 is 1.00 bits per heavy atom. The SMILES string of the molecule is NCc1cc(F)c(-n2cc(-c3ccccc3)cn2)c(F)c1. The van der Waals surface area contributed by atoms with Crippen molar-refractivity contribution in [3.05, 3.63) is 72.1 Å². The fourth-order valence-corrected chi connectivity index (χ4v) is 2.18. The first kappa shape index (κ1) is 13.5. The van der Waals surface area contributed by atoms with Crippen LogP contribution in [-0.2, 0) is 6.54 Å². The van der Waals surface area contributed by atoms with Gasteiger partial charge in [0.1, 0.15) is 5.69 Å². The van der Waals surface area contributed by atoms with Gasteiger partial charge in [0.15, 0.2) is 11.6 Å². The molecule has 21 heavy (non-hydrogen) atoms. The second kappa shape index (κ2) is 5.46. The molecule has 1 aromatic heterocycles. The first-order valence-corrected chi connectivity index (χ1v) is 6.47. The molecule has 0 aliphatic heterocycles. The van der Waals surface area contributed by atoms with Gasteiger partial charge >= 0.3 is 0 Å². The van der Waals surface area contributed by atoms with Crippen molar-refractivity contribution in [2.45, 2.75) is 6.54 Å². The largest absolute Gasteiger partial charge is 0.326 e. The van der Waals surface area contributed by atoms with Gasteiger partial charge in [0.25, 0.3) is 0 Å². The van der Waals surface area contributed by atoms with Crippen molar-refractivity contribution in [1.82, 2.24) is 9.78 Å². The average Bonchev–Trinajstić information content (AvgIpc) is 2.97. The molecule has 1 heterocycles. The molecule has 3 nitrogen and oxygen atoms in total. The predicted molar refractivity (Wildman–Crippen MR) is 76.8 cm³/mol. The maximum absolute atomic E-state index is 14.0. The third-order valence-electron chi connectivity index (χ3n) is 3.23. The molecule has 0 aliphatic rings. The summed E-state index contributed by atoms with van der Waals surface area (Å²) in [4.78, 5) is 0. The third kappa shape index (κ3) is 2.55. The number of aromatic nitrogens is 2. The molecule has 0 aliphatic carbocycles. The van der Waals surface area contributed by atoms with Gasteiger partial charge in [0, 0.05) is 18.3 Å². The Bertz CT molecular complexity index is 743. The molecule has 3 rings (SSSR count). The molecule has 0 amide bonds. The molecule has 0 unspecified atom stereocenters. The summed E-state index contributed by atoms with van der Waals surface area (Å²) in [6.07, 6.45) is 3.17. The third-order valence-corrected chi connectivity index (χ3v) is 3.23. The van der Waals surface area contributed by atoms with Crippen molar-refractivity contribution >= 4 is 0 Å². The minimum atomic E-state index is -0.682. The van der Waals surface area contributed by atoms with E-state index in [1.54, 1.807) is 12.4 Å². The lowest BCUT2D eigenvalue weighted by molar-refractivity contribution is 0.557. The highest BCUT2D eigenvalue weighted by atomic mass is 19.1. The lowest BCUT2D eigenvalue weighted by Crippen LogP contribution is -2.05. The van der Waals surface area contributed by atoms with Crippen LogP contribution in [0.5, 0.6) is 0 Å². The standard InChI is InChI=1S/C16H13F2N3/c17-14-6-11(8-19)7-15(18)16(14)21-10-13(9-20-21)12-4-2-1-3-5-12/h1-7,9-10H,8,19H2. The Morgan fingerprint density at radius 2 is 1.67 bits per heavy atom. The van der Waals surface area contributed by atoms with Gasteiger partial charge in [-0.25, -0.2) is 13.5 Å². The van der Waals surface area contributed by atoms with E-state index in [4.69, 9.17) is 5.73 Å². The van der Waals surface area contributed by atoms with E-state index in [1.807, 2.05) is 30.3 Å². The van der Waals surface area contributed by atoms with E-state index < -0.39 is 11.6 Å². The molecule has 2 aromatic carbocycles. The highest BCUT2D eigenvalue weighted by Gasteiger charge is 2.14. The zero-order chi connectivity index (χ0) is 14.8. The molecular weight excluding hydrogens is 272 g/mol. The number of halogens is 2. The minimum absolute atomic E-state index is 0.0858. The average molecular weight is 285 g/mol. The summed E-state index contributed by atoms with van der Waals surface area (Å²) in [5.74, 6) is -1.36. The van der Waals surface area contributed by atoms with Crippen LogP contribution in [0, 0.1) is 11.6 Å². The minimum Gasteiger partial charge on any atom is -0.326 e. The predicted octanol–water partition coefficient (Wildman–Crippen LogP) is 3.28. The van der Waals surface area contributed by atoms with Crippen LogP contribution >= 0.6 is 0 Å². The Morgan fingerprint density at radius 3 is 2.29 bits per heavy atom. The molecule has 0 fully saturated rings. The van der Waals surface area contributed by atoms with Crippen molar-refractivity contribution < 1.29 is 8.78 Å². The Labute approximate surface area is 120 Å². The number of hydrogen-bond acceptors (Lipinski definition) is 2. The summed E-state index contributed by atoms with van der Waals surface area (Å²) in [6.45, 7) is 0.0858. The van der Waals surface area contributed by atoms with E-state index in [9.17, 15) is 8.78 Å². The van der Waals surface area contributed by atoms with Crippen LogP contribution in [0.1, 0.15) is 5.56 Å². The monoisotopic (exact) mass is 285 g/mol. The Kier molecular flexibility index (Phi) is 3.50. The maximum Gasteiger partial charge on any atom is 0.152 e. The Balaban J connectivity index is 2.05. The molecular formula is C16H13F2N3. The van der Waals surface area contributed by atoms with Crippen LogP contribution in [0.4, 0.5) is 8.78 Å². The highest BCUT2D eigenvalue weighted by molar-refractivity contribution is 5.62. The van der Waals surface area contributed by atoms with Gasteiger partial charge in [-0.2, -0.15) is 5.10 Å². The number of benzene rings is 2. The van der Waals surface area contributed by atoms with E-state index in [0.717, 1.165) is 11.1 Å². The highest BCUT2D eigenvalue weighted by Crippen LogP contribution is 2.23. The van der Waals surface area contributed by atoms with Gasteiger partial charge in [-0.1, -0.05) is 30.3 Å². The molecule has 106 valence electrons. The first-order valence-electron chi connectivity index (χ1n) is 6.47. The molecule has 0 atom stereocenters. The molecule has 2 N–H and O–H groups in total. The van der Waals surface area contributed by atoms with Crippen LogP contribution in [0.3, 0.4) is 0 Å². The van der Waals surface area contributed by atoms with Gasteiger partial charge in [-0.05, 0) is 23.3 Å². The molecule has 5 heteroatoms. The van der Waals surface area contributed by atoms with Gasteiger partial charge in [0.05, 0.1) is 6.20 Å². The van der Waals surface area contributed by atoms with Crippen molar-refractivity contribution in [2.24, 2.45) is 5.73 Å². The summed E-state index contributed by atoms with van der Waals surface area (Å²) in [7, 11) is 0. The van der Waals surface area contributed by atoms with E-state index in [-0.39, 0.29) is 12.2 Å². The topological polar surface area (TPSA) is 43.8 Å². The van der Waals surface area contributed by atoms with Crippen molar-refractivity contribution in [1.29, 1.82) is 0 Å². The van der Waals surface area contributed by atoms with Crippen LogP contribution in [0.25, 0.3) is 16.8 Å². The molecule has 0 radical (unpaired) electrons. The van der Waals surface area contributed by atoms with E-state index >= 15 is 0 Å². The van der Waals surface area contributed by atoms with Crippen molar-refractivity contribution in [3.8, 4) is 16.8 Å². The smallest absolute Gasteiger partial charge is 0.152 e.